The monoisotopic (exact) mass is 381 g/mol. The van der Waals surface area contributed by atoms with Crippen LogP contribution in [0.4, 0.5) is 5.82 Å². The number of ether oxygens (including phenoxy) is 1. The Bertz CT molecular complexity index is 763. The Kier molecular flexibility index (Phi) is 7.25. The molecule has 2 aliphatic heterocycles. The molecule has 7 nitrogen and oxygen atoms in total. The van der Waals surface area contributed by atoms with E-state index in [9.17, 15) is 10.1 Å². The van der Waals surface area contributed by atoms with E-state index in [0.717, 1.165) is 64.5 Å². The van der Waals surface area contributed by atoms with Crippen molar-refractivity contribution < 1.29 is 9.53 Å². The summed E-state index contributed by atoms with van der Waals surface area (Å²) in [5.41, 5.74) is 0.622. The minimum atomic E-state index is 0.150. The second-order valence-corrected chi connectivity index (χ2v) is 7.12. The number of hydrogen-bond acceptors (Lipinski definition) is 6. The highest BCUT2D eigenvalue weighted by Crippen LogP contribution is 2.22. The number of anilines is 1. The lowest BCUT2D eigenvalue weighted by atomic mass is 10.1. The van der Waals surface area contributed by atoms with E-state index in [4.69, 9.17) is 4.74 Å². The molecule has 0 saturated carbocycles. The Morgan fingerprint density at radius 3 is 2.64 bits per heavy atom. The standard InChI is InChI=1S/C21H27N5O2/c1-18(27)25-14-12-24(13-15-25)9-2-3-16-28-20-6-10-26(11-7-20)21-19(17-22)5-4-8-23-21/h4-5,8,20H,6-7,9-16H2,1H3. The quantitative estimate of drug-likeness (QED) is 0.728. The Labute approximate surface area is 166 Å². The van der Waals surface area contributed by atoms with Crippen LogP contribution in [0, 0.1) is 23.2 Å². The Morgan fingerprint density at radius 1 is 1.21 bits per heavy atom. The van der Waals surface area contributed by atoms with Gasteiger partial charge in [-0.1, -0.05) is 11.8 Å². The fourth-order valence-electron chi connectivity index (χ4n) is 3.57. The van der Waals surface area contributed by atoms with E-state index in [1.54, 1.807) is 25.3 Å². The van der Waals surface area contributed by atoms with Crippen LogP contribution in [0.1, 0.15) is 25.3 Å². The number of nitrogens with zero attached hydrogens (tertiary/aromatic N) is 5. The van der Waals surface area contributed by atoms with E-state index in [-0.39, 0.29) is 12.0 Å². The Balaban J connectivity index is 1.34. The van der Waals surface area contributed by atoms with Gasteiger partial charge in [0.2, 0.25) is 5.91 Å². The summed E-state index contributed by atoms with van der Waals surface area (Å²) in [5, 5.41) is 9.22. The first-order valence-corrected chi connectivity index (χ1v) is 9.82. The summed E-state index contributed by atoms with van der Waals surface area (Å²) in [6, 6.07) is 5.81. The van der Waals surface area contributed by atoms with E-state index in [1.165, 1.54) is 0 Å². The van der Waals surface area contributed by atoms with Crippen LogP contribution >= 0.6 is 0 Å². The van der Waals surface area contributed by atoms with Crippen LogP contribution in [-0.4, -0.2) is 79.2 Å². The van der Waals surface area contributed by atoms with Crippen LogP contribution in [-0.2, 0) is 9.53 Å². The number of rotatable bonds is 4. The van der Waals surface area contributed by atoms with Gasteiger partial charge < -0.3 is 14.5 Å². The maximum Gasteiger partial charge on any atom is 0.219 e. The van der Waals surface area contributed by atoms with Gasteiger partial charge in [0.25, 0.3) is 0 Å². The van der Waals surface area contributed by atoms with Gasteiger partial charge in [0.1, 0.15) is 18.5 Å². The third kappa shape index (κ3) is 5.45. The van der Waals surface area contributed by atoms with Gasteiger partial charge in [0, 0.05) is 52.4 Å². The number of hydrogen-bond donors (Lipinski definition) is 0. The Morgan fingerprint density at radius 2 is 1.96 bits per heavy atom. The highest BCUT2D eigenvalue weighted by Gasteiger charge is 2.22. The molecular formula is C21H27N5O2. The third-order valence-corrected chi connectivity index (χ3v) is 5.29. The predicted molar refractivity (Wildman–Crippen MR) is 107 cm³/mol. The molecule has 0 unspecified atom stereocenters. The largest absolute Gasteiger partial charge is 0.365 e. The van der Waals surface area contributed by atoms with E-state index in [1.807, 2.05) is 4.90 Å². The molecule has 7 heteroatoms. The van der Waals surface area contributed by atoms with Crippen molar-refractivity contribution in [2.75, 3.05) is 57.3 Å². The number of carbonyl (C=O) groups excluding carboxylic acids is 1. The molecule has 0 spiro atoms. The summed E-state index contributed by atoms with van der Waals surface area (Å²) in [6.45, 7) is 7.81. The maximum atomic E-state index is 11.3. The van der Waals surface area contributed by atoms with Crippen LogP contribution in [0.15, 0.2) is 18.3 Å². The van der Waals surface area contributed by atoms with Gasteiger partial charge in [-0.25, -0.2) is 4.98 Å². The summed E-state index contributed by atoms with van der Waals surface area (Å²) in [7, 11) is 0. The topological polar surface area (TPSA) is 72.7 Å². The molecule has 0 N–H and O–H groups in total. The Hall–Kier alpha value is -2.61. The number of nitriles is 1. The lowest BCUT2D eigenvalue weighted by Crippen LogP contribution is -2.47. The van der Waals surface area contributed by atoms with Gasteiger partial charge in [-0.3, -0.25) is 9.69 Å². The van der Waals surface area contributed by atoms with Gasteiger partial charge in [-0.2, -0.15) is 5.26 Å². The van der Waals surface area contributed by atoms with Crippen LogP contribution in [0.3, 0.4) is 0 Å². The first-order valence-electron chi connectivity index (χ1n) is 9.82. The minimum absolute atomic E-state index is 0.150. The smallest absolute Gasteiger partial charge is 0.219 e. The van der Waals surface area contributed by atoms with Crippen molar-refractivity contribution in [3.63, 3.8) is 0 Å². The summed E-state index contributed by atoms with van der Waals surface area (Å²) in [4.78, 5) is 22.0. The second kappa shape index (κ2) is 10.1. The van der Waals surface area contributed by atoms with Crippen molar-refractivity contribution in [2.45, 2.75) is 25.9 Å². The number of carbonyl (C=O) groups is 1. The zero-order valence-electron chi connectivity index (χ0n) is 16.4. The van der Waals surface area contributed by atoms with E-state index in [0.29, 0.717) is 12.2 Å². The fourth-order valence-corrected chi connectivity index (χ4v) is 3.57. The molecule has 0 bridgehead atoms. The summed E-state index contributed by atoms with van der Waals surface area (Å²) in [6.07, 6.45) is 3.76. The molecule has 28 heavy (non-hydrogen) atoms. The summed E-state index contributed by atoms with van der Waals surface area (Å²) in [5.74, 6) is 7.21. The van der Waals surface area contributed by atoms with E-state index < -0.39 is 0 Å². The SMILES string of the molecule is CC(=O)N1CCN(CC#CCOC2CCN(c3ncccc3C#N)CC2)CC1. The van der Waals surface area contributed by atoms with Crippen LogP contribution in [0.2, 0.25) is 0 Å². The zero-order chi connectivity index (χ0) is 19.8. The second-order valence-electron chi connectivity index (χ2n) is 7.12. The molecule has 2 saturated heterocycles. The van der Waals surface area contributed by atoms with Crippen LogP contribution in [0.25, 0.3) is 0 Å². The van der Waals surface area contributed by atoms with Crippen molar-refractivity contribution in [3.05, 3.63) is 23.9 Å². The molecule has 2 aliphatic rings. The maximum absolute atomic E-state index is 11.3. The normalized spacial score (nSPS) is 18.3. The molecule has 3 rings (SSSR count). The molecule has 1 aromatic heterocycles. The van der Waals surface area contributed by atoms with Gasteiger partial charge in [0.05, 0.1) is 18.2 Å². The minimum Gasteiger partial charge on any atom is -0.365 e. The molecule has 3 heterocycles. The lowest BCUT2D eigenvalue weighted by molar-refractivity contribution is -0.130. The fraction of sp³-hybridized carbons (Fsp3) is 0.571. The van der Waals surface area contributed by atoms with Crippen molar-refractivity contribution >= 4 is 11.7 Å². The predicted octanol–water partition coefficient (Wildman–Crippen LogP) is 1.11. The molecule has 0 radical (unpaired) electrons. The first-order chi connectivity index (χ1) is 13.7. The molecule has 2 fully saturated rings. The third-order valence-electron chi connectivity index (χ3n) is 5.29. The van der Waals surface area contributed by atoms with Gasteiger partial charge in [-0.15, -0.1) is 0 Å². The number of amides is 1. The zero-order valence-corrected chi connectivity index (χ0v) is 16.4. The van der Waals surface area contributed by atoms with Crippen LogP contribution < -0.4 is 4.90 Å². The van der Waals surface area contributed by atoms with Gasteiger partial charge in [0.15, 0.2) is 0 Å². The van der Waals surface area contributed by atoms with E-state index >= 15 is 0 Å². The van der Waals surface area contributed by atoms with Gasteiger partial charge in [-0.05, 0) is 25.0 Å². The van der Waals surface area contributed by atoms with Crippen LogP contribution in [0.5, 0.6) is 0 Å². The lowest BCUT2D eigenvalue weighted by Gasteiger charge is -2.33. The van der Waals surface area contributed by atoms with Crippen molar-refractivity contribution in [1.82, 2.24) is 14.8 Å². The average Bonchev–Trinajstić information content (AvgIpc) is 2.74. The summed E-state index contributed by atoms with van der Waals surface area (Å²) >= 11 is 0. The molecule has 1 aromatic rings. The highest BCUT2D eigenvalue weighted by atomic mass is 16.5. The summed E-state index contributed by atoms with van der Waals surface area (Å²) < 4.78 is 5.90. The molecule has 0 aromatic carbocycles. The first kappa shape index (κ1) is 20.1. The highest BCUT2D eigenvalue weighted by molar-refractivity contribution is 5.73. The molecule has 0 atom stereocenters. The number of piperazine rings is 1. The molecule has 1 amide bonds. The molecule has 148 valence electrons. The number of piperidine rings is 1. The van der Waals surface area contributed by atoms with Gasteiger partial charge >= 0.3 is 0 Å². The van der Waals surface area contributed by atoms with Crippen molar-refractivity contribution in [3.8, 4) is 17.9 Å². The number of pyridine rings is 1. The molecule has 0 aliphatic carbocycles. The van der Waals surface area contributed by atoms with Crippen molar-refractivity contribution in [1.29, 1.82) is 5.26 Å². The average molecular weight is 381 g/mol. The number of aromatic nitrogens is 1. The van der Waals surface area contributed by atoms with E-state index in [2.05, 4.69) is 32.7 Å². The van der Waals surface area contributed by atoms with Crippen molar-refractivity contribution in [2.24, 2.45) is 0 Å². The molecular weight excluding hydrogens is 354 g/mol.